The summed E-state index contributed by atoms with van der Waals surface area (Å²) < 4.78 is 5.10. The van der Waals surface area contributed by atoms with Crippen LogP contribution in [0.2, 0.25) is 0 Å². The molecule has 1 aromatic rings. The normalized spacial score (nSPS) is 23.2. The highest BCUT2D eigenvalue weighted by Crippen LogP contribution is 2.21. The van der Waals surface area contributed by atoms with Gasteiger partial charge in [0.05, 0.1) is 18.8 Å². The van der Waals surface area contributed by atoms with Gasteiger partial charge in [-0.15, -0.1) is 0 Å². The quantitative estimate of drug-likeness (QED) is 0.590. The summed E-state index contributed by atoms with van der Waals surface area (Å²) in [5, 5.41) is 12.1. The van der Waals surface area contributed by atoms with E-state index in [1.165, 1.54) is 6.39 Å². The highest BCUT2D eigenvalue weighted by atomic mass is 16.3. The Balaban J connectivity index is 2.32. The number of oxazole rings is 1. The number of nitrogens with one attached hydrogen (secondary N) is 1. The van der Waals surface area contributed by atoms with Gasteiger partial charge in [0.25, 0.3) is 0 Å². The fourth-order valence-corrected chi connectivity index (χ4v) is 1.35. The van der Waals surface area contributed by atoms with Crippen molar-refractivity contribution in [2.45, 2.75) is 12.5 Å². The lowest BCUT2D eigenvalue weighted by atomic mass is 10.0. The molecule has 1 unspecified atom stereocenters. The molecule has 11 heavy (non-hydrogen) atoms. The van der Waals surface area contributed by atoms with Crippen molar-refractivity contribution in [1.82, 2.24) is 10.3 Å². The third-order valence-electron chi connectivity index (χ3n) is 1.96. The van der Waals surface area contributed by atoms with Gasteiger partial charge in [-0.2, -0.15) is 0 Å². The molecule has 0 aliphatic carbocycles. The maximum absolute atomic E-state index is 8.93. The van der Waals surface area contributed by atoms with Gasteiger partial charge >= 0.3 is 0 Å². The van der Waals surface area contributed by atoms with Crippen LogP contribution in [0.25, 0.3) is 0 Å². The number of aliphatic hydroxyl groups is 1. The molecule has 0 bridgehead atoms. The molecule has 2 heterocycles. The second-order valence-corrected chi connectivity index (χ2v) is 2.67. The van der Waals surface area contributed by atoms with Crippen LogP contribution in [0.3, 0.4) is 0 Å². The van der Waals surface area contributed by atoms with Gasteiger partial charge in [-0.05, 0) is 0 Å². The van der Waals surface area contributed by atoms with Crippen molar-refractivity contribution in [2.75, 3.05) is 13.2 Å². The number of nitrogens with zero attached hydrogens (tertiary/aromatic N) is 1. The van der Waals surface area contributed by atoms with E-state index in [4.69, 9.17) is 9.52 Å². The Morgan fingerprint density at radius 2 is 2.73 bits per heavy atom. The van der Waals surface area contributed by atoms with Gasteiger partial charge in [0, 0.05) is 12.5 Å². The smallest absolute Gasteiger partial charge is 0.181 e. The molecule has 60 valence electrons. The molecule has 1 aromatic heterocycles. The second-order valence-electron chi connectivity index (χ2n) is 2.67. The van der Waals surface area contributed by atoms with E-state index in [-0.39, 0.29) is 12.5 Å². The van der Waals surface area contributed by atoms with Crippen LogP contribution in [0.1, 0.15) is 17.4 Å². The first kappa shape index (κ1) is 6.82. The zero-order valence-electron chi connectivity index (χ0n) is 6.08. The maximum atomic E-state index is 8.93. The van der Waals surface area contributed by atoms with Crippen molar-refractivity contribution in [1.29, 1.82) is 0 Å². The average Bonchev–Trinajstić information content (AvgIpc) is 2.50. The van der Waals surface area contributed by atoms with Crippen LogP contribution in [0.15, 0.2) is 10.8 Å². The van der Waals surface area contributed by atoms with E-state index in [9.17, 15) is 0 Å². The Morgan fingerprint density at radius 3 is 3.55 bits per heavy atom. The Labute approximate surface area is 64.2 Å². The third kappa shape index (κ3) is 1.04. The molecule has 0 amide bonds. The molecule has 0 spiro atoms. The molecular formula is C7H10N2O2. The maximum Gasteiger partial charge on any atom is 0.181 e. The van der Waals surface area contributed by atoms with Gasteiger partial charge in [-0.25, -0.2) is 4.98 Å². The van der Waals surface area contributed by atoms with Crippen molar-refractivity contribution in [3.8, 4) is 0 Å². The molecule has 0 fully saturated rings. The first-order chi connectivity index (χ1) is 5.42. The summed E-state index contributed by atoms with van der Waals surface area (Å²) in [6.45, 7) is 1.65. The molecule has 1 aliphatic heterocycles. The first-order valence-corrected chi connectivity index (χ1v) is 3.65. The van der Waals surface area contributed by atoms with Crippen molar-refractivity contribution in [3.05, 3.63) is 17.8 Å². The van der Waals surface area contributed by atoms with Crippen LogP contribution in [-0.4, -0.2) is 23.2 Å². The Kier molecular flexibility index (Phi) is 1.63. The van der Waals surface area contributed by atoms with Crippen molar-refractivity contribution in [3.63, 3.8) is 0 Å². The number of fused-ring (bicyclic) bond motifs is 1. The van der Waals surface area contributed by atoms with Gasteiger partial charge < -0.3 is 14.8 Å². The van der Waals surface area contributed by atoms with Crippen molar-refractivity contribution in [2.24, 2.45) is 0 Å². The van der Waals surface area contributed by atoms with E-state index in [0.29, 0.717) is 0 Å². The van der Waals surface area contributed by atoms with E-state index in [1.807, 2.05) is 0 Å². The van der Waals surface area contributed by atoms with Crippen LogP contribution in [0.4, 0.5) is 0 Å². The predicted octanol–water partition coefficient (Wildman–Crippen LogP) is -0.146. The SMILES string of the molecule is OCC1CNCc2ocnc21. The van der Waals surface area contributed by atoms with E-state index >= 15 is 0 Å². The molecular weight excluding hydrogens is 144 g/mol. The molecule has 0 radical (unpaired) electrons. The standard InChI is InChI=1S/C7H10N2O2/c10-3-5-1-8-2-6-7(5)9-4-11-6/h4-5,8,10H,1-3H2. The largest absolute Gasteiger partial charge is 0.447 e. The summed E-state index contributed by atoms with van der Waals surface area (Å²) in [5.74, 6) is 0.966. The highest BCUT2D eigenvalue weighted by Gasteiger charge is 2.22. The van der Waals surface area contributed by atoms with Gasteiger partial charge in [0.15, 0.2) is 6.39 Å². The van der Waals surface area contributed by atoms with Crippen LogP contribution in [0.5, 0.6) is 0 Å². The number of hydrogen-bond donors (Lipinski definition) is 2. The molecule has 1 atom stereocenters. The number of aliphatic hydroxyl groups excluding tert-OH is 1. The van der Waals surface area contributed by atoms with E-state index in [1.54, 1.807) is 0 Å². The number of rotatable bonds is 1. The zero-order valence-corrected chi connectivity index (χ0v) is 6.08. The molecule has 0 aromatic carbocycles. The van der Waals surface area contributed by atoms with Gasteiger partial charge in [-0.1, -0.05) is 0 Å². The fraction of sp³-hybridized carbons (Fsp3) is 0.571. The minimum absolute atomic E-state index is 0.109. The topological polar surface area (TPSA) is 58.3 Å². The summed E-state index contributed by atoms with van der Waals surface area (Å²) in [6.07, 6.45) is 1.43. The lowest BCUT2D eigenvalue weighted by molar-refractivity contribution is 0.250. The third-order valence-corrected chi connectivity index (χ3v) is 1.96. The van der Waals surface area contributed by atoms with E-state index in [2.05, 4.69) is 10.3 Å². The Morgan fingerprint density at radius 1 is 1.82 bits per heavy atom. The van der Waals surface area contributed by atoms with Crippen molar-refractivity contribution < 1.29 is 9.52 Å². The monoisotopic (exact) mass is 154 g/mol. The highest BCUT2D eigenvalue weighted by molar-refractivity contribution is 5.16. The fourth-order valence-electron chi connectivity index (χ4n) is 1.35. The Bertz CT molecular complexity index is 246. The Hall–Kier alpha value is -0.870. The summed E-state index contributed by atoms with van der Waals surface area (Å²) in [7, 11) is 0. The van der Waals surface area contributed by atoms with E-state index in [0.717, 1.165) is 24.5 Å². The van der Waals surface area contributed by atoms with Gasteiger partial charge in [0.1, 0.15) is 5.76 Å². The van der Waals surface area contributed by atoms with E-state index < -0.39 is 0 Å². The lowest BCUT2D eigenvalue weighted by Gasteiger charge is -2.18. The molecule has 4 heteroatoms. The summed E-state index contributed by atoms with van der Waals surface area (Å²) in [6, 6.07) is 0. The van der Waals surface area contributed by atoms with Crippen molar-refractivity contribution >= 4 is 0 Å². The first-order valence-electron chi connectivity index (χ1n) is 3.65. The zero-order chi connectivity index (χ0) is 7.68. The van der Waals surface area contributed by atoms with Crippen LogP contribution >= 0.6 is 0 Å². The molecule has 1 aliphatic rings. The summed E-state index contributed by atoms with van der Waals surface area (Å²) >= 11 is 0. The second kappa shape index (κ2) is 2.64. The minimum Gasteiger partial charge on any atom is -0.447 e. The van der Waals surface area contributed by atoms with Gasteiger partial charge in [0.2, 0.25) is 0 Å². The van der Waals surface area contributed by atoms with Crippen LogP contribution in [-0.2, 0) is 6.54 Å². The lowest BCUT2D eigenvalue weighted by Crippen LogP contribution is -2.29. The van der Waals surface area contributed by atoms with Gasteiger partial charge in [-0.3, -0.25) is 0 Å². The molecule has 0 saturated carbocycles. The summed E-state index contributed by atoms with van der Waals surface area (Å²) in [5.41, 5.74) is 0.909. The average molecular weight is 154 g/mol. The number of aromatic nitrogens is 1. The predicted molar refractivity (Wildman–Crippen MR) is 38.0 cm³/mol. The summed E-state index contributed by atoms with van der Waals surface area (Å²) in [4.78, 5) is 4.04. The molecule has 2 rings (SSSR count). The molecule has 2 N–H and O–H groups in total. The number of hydrogen-bond acceptors (Lipinski definition) is 4. The van der Waals surface area contributed by atoms with Crippen LogP contribution < -0.4 is 5.32 Å². The van der Waals surface area contributed by atoms with Crippen LogP contribution in [0, 0.1) is 0 Å². The molecule has 0 saturated heterocycles. The molecule has 4 nitrogen and oxygen atoms in total. The minimum atomic E-state index is 0.109.